The third kappa shape index (κ3) is 1.91. The molecule has 0 saturated heterocycles. The molecule has 0 aliphatic rings. The number of nitrogens with two attached hydrogens (primary N) is 1. The van der Waals surface area contributed by atoms with Crippen LogP contribution in [0.2, 0.25) is 0 Å². The molecule has 1 heterocycles. The van der Waals surface area contributed by atoms with E-state index in [1.165, 1.54) is 0 Å². The van der Waals surface area contributed by atoms with E-state index in [1.54, 1.807) is 25.1 Å². The SMILES string of the molecule is CCOC(=O)c1ncc(F)c2c(N)cccc12. The van der Waals surface area contributed by atoms with Crippen LogP contribution in [0.5, 0.6) is 0 Å². The van der Waals surface area contributed by atoms with Crippen molar-refractivity contribution < 1.29 is 13.9 Å². The Morgan fingerprint density at radius 2 is 2.29 bits per heavy atom. The van der Waals surface area contributed by atoms with Crippen LogP contribution in [0.3, 0.4) is 0 Å². The lowest BCUT2D eigenvalue weighted by Crippen LogP contribution is -2.08. The molecule has 0 aliphatic carbocycles. The van der Waals surface area contributed by atoms with Gasteiger partial charge >= 0.3 is 5.97 Å². The Hall–Kier alpha value is -2.17. The largest absolute Gasteiger partial charge is 0.461 e. The molecule has 0 bridgehead atoms. The van der Waals surface area contributed by atoms with E-state index in [-0.39, 0.29) is 23.4 Å². The van der Waals surface area contributed by atoms with E-state index < -0.39 is 11.8 Å². The monoisotopic (exact) mass is 234 g/mol. The van der Waals surface area contributed by atoms with Gasteiger partial charge in [-0.15, -0.1) is 0 Å². The number of carbonyl (C=O) groups is 1. The summed E-state index contributed by atoms with van der Waals surface area (Å²) >= 11 is 0. The molecule has 0 amide bonds. The number of fused-ring (bicyclic) bond motifs is 1. The summed E-state index contributed by atoms with van der Waals surface area (Å²) in [5.74, 6) is -1.13. The Bertz CT molecular complexity index is 576. The molecule has 0 aliphatic heterocycles. The van der Waals surface area contributed by atoms with E-state index in [0.717, 1.165) is 6.20 Å². The number of ether oxygens (including phenoxy) is 1. The number of nitrogen functional groups attached to an aromatic ring is 1. The standard InChI is InChI=1S/C12H11FN2O2/c1-2-17-12(16)11-7-4-3-5-9(14)10(7)8(13)6-15-11/h3-6H,2,14H2,1H3. The number of halogens is 1. The first-order valence-corrected chi connectivity index (χ1v) is 5.15. The Morgan fingerprint density at radius 3 is 3.00 bits per heavy atom. The molecule has 0 radical (unpaired) electrons. The molecule has 1 aromatic heterocycles. The Balaban J connectivity index is 2.71. The topological polar surface area (TPSA) is 65.2 Å². The molecular weight excluding hydrogens is 223 g/mol. The van der Waals surface area contributed by atoms with Gasteiger partial charge in [-0.05, 0) is 13.0 Å². The fourth-order valence-corrected chi connectivity index (χ4v) is 1.65. The zero-order chi connectivity index (χ0) is 12.4. The van der Waals surface area contributed by atoms with E-state index in [0.29, 0.717) is 5.39 Å². The summed E-state index contributed by atoms with van der Waals surface area (Å²) < 4.78 is 18.4. The Morgan fingerprint density at radius 1 is 1.53 bits per heavy atom. The number of benzene rings is 1. The number of carbonyl (C=O) groups excluding carboxylic acids is 1. The minimum absolute atomic E-state index is 0.0792. The van der Waals surface area contributed by atoms with Crippen LogP contribution in [0.4, 0.5) is 10.1 Å². The summed E-state index contributed by atoms with van der Waals surface area (Å²) in [4.78, 5) is 15.4. The molecule has 4 nitrogen and oxygen atoms in total. The summed E-state index contributed by atoms with van der Waals surface area (Å²) in [5.41, 5.74) is 6.03. The van der Waals surface area contributed by atoms with Gasteiger partial charge in [0, 0.05) is 16.5 Å². The van der Waals surface area contributed by atoms with Crippen molar-refractivity contribution in [2.75, 3.05) is 12.3 Å². The third-order valence-corrected chi connectivity index (χ3v) is 2.37. The fourth-order valence-electron chi connectivity index (χ4n) is 1.65. The second kappa shape index (κ2) is 4.37. The van der Waals surface area contributed by atoms with Crippen molar-refractivity contribution in [1.82, 2.24) is 4.98 Å². The van der Waals surface area contributed by atoms with Crippen molar-refractivity contribution in [2.24, 2.45) is 0 Å². The molecular formula is C12H11FN2O2. The van der Waals surface area contributed by atoms with E-state index in [4.69, 9.17) is 10.5 Å². The van der Waals surface area contributed by atoms with Crippen molar-refractivity contribution in [3.63, 3.8) is 0 Å². The van der Waals surface area contributed by atoms with E-state index in [2.05, 4.69) is 4.98 Å². The molecule has 0 saturated carbocycles. The Labute approximate surface area is 97.2 Å². The molecule has 0 spiro atoms. The molecule has 17 heavy (non-hydrogen) atoms. The molecule has 0 unspecified atom stereocenters. The van der Waals surface area contributed by atoms with Crippen LogP contribution in [0.15, 0.2) is 24.4 Å². The van der Waals surface area contributed by atoms with Crippen LogP contribution in [0.25, 0.3) is 10.8 Å². The van der Waals surface area contributed by atoms with Gasteiger partial charge in [0.2, 0.25) is 0 Å². The first-order chi connectivity index (χ1) is 8.15. The maximum atomic E-state index is 13.6. The maximum absolute atomic E-state index is 13.6. The van der Waals surface area contributed by atoms with Crippen LogP contribution in [0.1, 0.15) is 17.4 Å². The lowest BCUT2D eigenvalue weighted by Gasteiger charge is -2.07. The van der Waals surface area contributed by atoms with Crippen LogP contribution in [-0.4, -0.2) is 17.6 Å². The third-order valence-electron chi connectivity index (χ3n) is 2.37. The van der Waals surface area contributed by atoms with Crippen molar-refractivity contribution in [2.45, 2.75) is 6.92 Å². The molecule has 2 N–H and O–H groups in total. The van der Waals surface area contributed by atoms with Crippen LogP contribution < -0.4 is 5.73 Å². The number of anilines is 1. The van der Waals surface area contributed by atoms with E-state index >= 15 is 0 Å². The maximum Gasteiger partial charge on any atom is 0.357 e. The molecule has 2 rings (SSSR count). The smallest absolute Gasteiger partial charge is 0.357 e. The molecule has 88 valence electrons. The second-order valence-electron chi connectivity index (χ2n) is 3.45. The van der Waals surface area contributed by atoms with Crippen molar-refractivity contribution in [3.8, 4) is 0 Å². The van der Waals surface area contributed by atoms with Gasteiger partial charge in [-0.2, -0.15) is 0 Å². The average molecular weight is 234 g/mol. The quantitative estimate of drug-likeness (QED) is 0.638. The highest BCUT2D eigenvalue weighted by Gasteiger charge is 2.16. The minimum atomic E-state index is -0.580. The lowest BCUT2D eigenvalue weighted by molar-refractivity contribution is 0.0522. The number of hydrogen-bond acceptors (Lipinski definition) is 4. The van der Waals surface area contributed by atoms with Gasteiger partial charge in [0.15, 0.2) is 11.5 Å². The molecule has 1 aromatic carbocycles. The molecule has 0 fully saturated rings. The first-order valence-electron chi connectivity index (χ1n) is 5.15. The minimum Gasteiger partial charge on any atom is -0.461 e. The van der Waals surface area contributed by atoms with Gasteiger partial charge in [0.25, 0.3) is 0 Å². The summed E-state index contributed by atoms with van der Waals surface area (Å²) in [6.07, 6.45) is 0.977. The van der Waals surface area contributed by atoms with Crippen molar-refractivity contribution >= 4 is 22.4 Å². The van der Waals surface area contributed by atoms with Crippen molar-refractivity contribution in [1.29, 1.82) is 0 Å². The van der Waals surface area contributed by atoms with Gasteiger partial charge in [0.1, 0.15) is 0 Å². The number of pyridine rings is 1. The first kappa shape index (κ1) is 11.3. The summed E-state index contributed by atoms with van der Waals surface area (Å²) in [6.45, 7) is 1.93. The summed E-state index contributed by atoms with van der Waals surface area (Å²) in [5, 5.41) is 0.564. The Kier molecular flexibility index (Phi) is 2.91. The normalized spacial score (nSPS) is 10.5. The lowest BCUT2D eigenvalue weighted by atomic mass is 10.1. The molecule has 0 atom stereocenters. The highest BCUT2D eigenvalue weighted by molar-refractivity contribution is 6.06. The molecule has 2 aromatic rings. The zero-order valence-electron chi connectivity index (χ0n) is 9.24. The van der Waals surface area contributed by atoms with Gasteiger partial charge in [0.05, 0.1) is 12.8 Å². The number of aromatic nitrogens is 1. The number of esters is 1. The van der Waals surface area contributed by atoms with Gasteiger partial charge < -0.3 is 10.5 Å². The van der Waals surface area contributed by atoms with E-state index in [9.17, 15) is 9.18 Å². The van der Waals surface area contributed by atoms with Crippen molar-refractivity contribution in [3.05, 3.63) is 35.9 Å². The number of nitrogens with zero attached hydrogens (tertiary/aromatic N) is 1. The van der Waals surface area contributed by atoms with Gasteiger partial charge in [-0.25, -0.2) is 14.2 Å². The van der Waals surface area contributed by atoms with Crippen LogP contribution in [0, 0.1) is 5.82 Å². The zero-order valence-corrected chi connectivity index (χ0v) is 9.24. The number of rotatable bonds is 2. The van der Waals surface area contributed by atoms with Crippen LogP contribution in [-0.2, 0) is 4.74 Å². The predicted octanol–water partition coefficient (Wildman–Crippen LogP) is 2.13. The van der Waals surface area contributed by atoms with Gasteiger partial charge in [-0.1, -0.05) is 12.1 Å². The molecule has 5 heteroatoms. The predicted molar refractivity (Wildman–Crippen MR) is 62.1 cm³/mol. The van der Waals surface area contributed by atoms with E-state index in [1.807, 2.05) is 0 Å². The summed E-state index contributed by atoms with van der Waals surface area (Å²) in [6, 6.07) is 4.80. The highest BCUT2D eigenvalue weighted by atomic mass is 19.1. The summed E-state index contributed by atoms with van der Waals surface area (Å²) in [7, 11) is 0. The fraction of sp³-hybridized carbons (Fsp3) is 0.167. The second-order valence-corrected chi connectivity index (χ2v) is 3.45. The van der Waals surface area contributed by atoms with Gasteiger partial charge in [-0.3, -0.25) is 0 Å². The average Bonchev–Trinajstić information content (AvgIpc) is 2.29. The number of hydrogen-bond donors (Lipinski definition) is 1. The van der Waals surface area contributed by atoms with Crippen LogP contribution >= 0.6 is 0 Å². The highest BCUT2D eigenvalue weighted by Crippen LogP contribution is 2.25.